The predicted molar refractivity (Wildman–Crippen MR) is 67.0 cm³/mol. The Balaban J connectivity index is 7.22. The van der Waals surface area contributed by atoms with Crippen LogP contribution in [0.5, 0.6) is 0 Å². The highest BCUT2D eigenvalue weighted by atomic mass is 32.2. The molecule has 0 spiro atoms. The molecule has 0 aromatic rings. The minimum Gasteiger partial charge on any atom is -0.283 e. The summed E-state index contributed by atoms with van der Waals surface area (Å²) in [6.45, 7) is 0. The molecule has 0 aliphatic rings. The molecule has 0 bridgehead atoms. The van der Waals surface area contributed by atoms with E-state index in [-0.39, 0.29) is 0 Å². The SMILES string of the molecule is O=S(=O)(O)C(F)C(F)(F)C(F)(F)C(F)(F)C(F)(F)C(F)(F)C(F)(F)C(F)(F)C(F)(F)C(F)(F)C(F)(F)F. The molecule has 0 rings (SSSR count). The van der Waals surface area contributed by atoms with Crippen molar-refractivity contribution in [3.8, 4) is 0 Å². The van der Waals surface area contributed by atoms with Crippen molar-refractivity contribution in [3.63, 3.8) is 0 Å². The number of alkyl halides is 22. The van der Waals surface area contributed by atoms with Crippen LogP contribution in [0.2, 0.25) is 0 Å². The summed E-state index contributed by atoms with van der Waals surface area (Å²) >= 11 is 0. The first-order chi connectivity index (χ1) is 15.4. The first kappa shape index (κ1) is 35.4. The van der Waals surface area contributed by atoms with E-state index in [0.29, 0.717) is 0 Å². The monoisotopic (exact) mass is 632 g/mol. The minimum atomic E-state index is -9.44. The molecule has 1 N–H and O–H groups in total. The second-order valence-electron chi connectivity index (χ2n) is 6.55. The molecule has 0 aromatic heterocycles. The zero-order valence-corrected chi connectivity index (χ0v) is 16.4. The summed E-state index contributed by atoms with van der Waals surface area (Å²) in [4.78, 5) is 0. The Morgan fingerprint density at radius 2 is 0.595 bits per heavy atom. The van der Waals surface area contributed by atoms with Gasteiger partial charge in [-0.25, -0.2) is 4.39 Å². The first-order valence-electron chi connectivity index (χ1n) is 7.48. The van der Waals surface area contributed by atoms with Crippen LogP contribution < -0.4 is 0 Å². The van der Waals surface area contributed by atoms with Crippen molar-refractivity contribution in [2.45, 2.75) is 65.0 Å². The van der Waals surface area contributed by atoms with Crippen molar-refractivity contribution < 1.29 is 110 Å². The fourth-order valence-corrected chi connectivity index (χ4v) is 2.42. The average Bonchev–Trinajstić information content (AvgIpc) is 2.64. The third kappa shape index (κ3) is 4.31. The van der Waals surface area contributed by atoms with Crippen LogP contribution in [0, 0.1) is 0 Å². The van der Waals surface area contributed by atoms with Crippen LogP contribution in [0.1, 0.15) is 0 Å². The summed E-state index contributed by atoms with van der Waals surface area (Å²) in [6.07, 6.45) is -8.11. The molecule has 0 saturated heterocycles. The lowest BCUT2D eigenvalue weighted by atomic mass is 9.86. The number of rotatable bonds is 10. The molecule has 0 amide bonds. The molecule has 1 unspecified atom stereocenters. The predicted octanol–water partition coefficient (Wildman–Crippen LogP) is 6.45. The Morgan fingerprint density at radius 1 is 0.405 bits per heavy atom. The summed E-state index contributed by atoms with van der Waals surface area (Å²) in [7, 11) is -7.41. The van der Waals surface area contributed by atoms with Crippen molar-refractivity contribution in [1.29, 1.82) is 0 Å². The maximum absolute atomic E-state index is 13.4. The molecule has 0 saturated carbocycles. The van der Waals surface area contributed by atoms with E-state index in [9.17, 15) is 105 Å². The summed E-state index contributed by atoms with van der Waals surface area (Å²) in [5.74, 6) is -81.1. The van der Waals surface area contributed by atoms with Crippen molar-refractivity contribution >= 4 is 10.1 Å². The molecule has 37 heavy (non-hydrogen) atoms. The topological polar surface area (TPSA) is 54.4 Å². The van der Waals surface area contributed by atoms with Gasteiger partial charge in [0.15, 0.2) is 0 Å². The van der Waals surface area contributed by atoms with Crippen LogP contribution in [0.3, 0.4) is 0 Å². The quantitative estimate of drug-likeness (QED) is 0.223. The standard InChI is InChI=1S/C11H2F22O3S/c12-1(37(34,35)36)2(13,14)3(15,16)4(17,18)5(19,20)6(21,22)7(23,24)8(25,26)9(27,28)10(29,30)11(31,32)33/h1H,(H,34,35,36). The smallest absolute Gasteiger partial charge is 0.283 e. The molecule has 26 heteroatoms. The second kappa shape index (κ2) is 8.43. The van der Waals surface area contributed by atoms with Crippen molar-refractivity contribution in [3.05, 3.63) is 0 Å². The maximum Gasteiger partial charge on any atom is 0.460 e. The van der Waals surface area contributed by atoms with Crippen LogP contribution in [0.15, 0.2) is 0 Å². The van der Waals surface area contributed by atoms with E-state index in [2.05, 4.69) is 0 Å². The minimum absolute atomic E-state index is 6.21. The highest BCUT2D eigenvalue weighted by Crippen LogP contribution is 2.66. The van der Waals surface area contributed by atoms with Gasteiger partial charge < -0.3 is 0 Å². The van der Waals surface area contributed by atoms with Gasteiger partial charge in [-0.1, -0.05) is 0 Å². The maximum atomic E-state index is 13.4. The van der Waals surface area contributed by atoms with Crippen LogP contribution in [-0.4, -0.2) is 78.0 Å². The lowest BCUT2D eigenvalue weighted by Gasteiger charge is -2.44. The number of hydrogen-bond acceptors (Lipinski definition) is 2. The van der Waals surface area contributed by atoms with E-state index in [1.54, 1.807) is 0 Å². The first-order valence-corrected chi connectivity index (χ1v) is 8.98. The van der Waals surface area contributed by atoms with E-state index in [4.69, 9.17) is 4.55 Å². The highest BCUT2D eigenvalue weighted by Gasteiger charge is 2.98. The van der Waals surface area contributed by atoms with Gasteiger partial charge in [-0.05, 0) is 0 Å². The van der Waals surface area contributed by atoms with E-state index in [0.717, 1.165) is 0 Å². The third-order valence-corrected chi connectivity index (χ3v) is 4.90. The van der Waals surface area contributed by atoms with E-state index < -0.39 is 75.1 Å². The molecule has 0 aromatic carbocycles. The molecule has 0 aliphatic carbocycles. The Kier molecular flexibility index (Phi) is 8.06. The molecular formula is C11H2F22O3S. The Morgan fingerprint density at radius 3 is 0.784 bits per heavy atom. The second-order valence-corrected chi connectivity index (χ2v) is 7.99. The fourth-order valence-electron chi connectivity index (χ4n) is 1.90. The average molecular weight is 632 g/mol. The Bertz CT molecular complexity index is 961. The van der Waals surface area contributed by atoms with Crippen LogP contribution >= 0.6 is 0 Å². The normalized spacial score (nSPS) is 17.7. The molecular weight excluding hydrogens is 630 g/mol. The van der Waals surface area contributed by atoms with Gasteiger partial charge in [-0.3, -0.25) is 4.55 Å². The molecule has 1 atom stereocenters. The van der Waals surface area contributed by atoms with Gasteiger partial charge in [-0.2, -0.15) is 101 Å². The van der Waals surface area contributed by atoms with Gasteiger partial charge in [0.1, 0.15) is 0 Å². The lowest BCUT2D eigenvalue weighted by Crippen LogP contribution is -2.77. The number of halogens is 22. The van der Waals surface area contributed by atoms with Crippen molar-refractivity contribution in [2.24, 2.45) is 0 Å². The fraction of sp³-hybridized carbons (Fsp3) is 1.00. The zero-order chi connectivity index (χ0) is 31.1. The molecule has 0 fully saturated rings. The van der Waals surface area contributed by atoms with Gasteiger partial charge in [-0.15, -0.1) is 0 Å². The van der Waals surface area contributed by atoms with Gasteiger partial charge in [0, 0.05) is 0 Å². The highest BCUT2D eigenvalue weighted by molar-refractivity contribution is 7.86. The summed E-state index contributed by atoms with van der Waals surface area (Å²) in [6, 6.07) is 0. The summed E-state index contributed by atoms with van der Waals surface area (Å²) < 4.78 is 314. The molecule has 3 nitrogen and oxygen atoms in total. The van der Waals surface area contributed by atoms with Crippen LogP contribution in [0.25, 0.3) is 0 Å². The number of hydrogen-bond donors (Lipinski definition) is 1. The van der Waals surface area contributed by atoms with Crippen LogP contribution in [0.4, 0.5) is 96.6 Å². The zero-order valence-electron chi connectivity index (χ0n) is 15.6. The molecule has 224 valence electrons. The largest absolute Gasteiger partial charge is 0.460 e. The lowest BCUT2D eigenvalue weighted by molar-refractivity contribution is -0.474. The van der Waals surface area contributed by atoms with E-state index in [1.165, 1.54) is 0 Å². The molecule has 0 radical (unpaired) electrons. The molecule has 0 aliphatic heterocycles. The van der Waals surface area contributed by atoms with Crippen molar-refractivity contribution in [2.75, 3.05) is 0 Å². The molecule has 0 heterocycles. The van der Waals surface area contributed by atoms with Gasteiger partial charge in [0.25, 0.3) is 5.50 Å². The van der Waals surface area contributed by atoms with Crippen molar-refractivity contribution in [1.82, 2.24) is 0 Å². The van der Waals surface area contributed by atoms with E-state index >= 15 is 0 Å². The van der Waals surface area contributed by atoms with E-state index in [1.807, 2.05) is 0 Å². The summed E-state index contributed by atoms with van der Waals surface area (Å²) in [5.41, 5.74) is -6.21. The Hall–Kier alpha value is -1.63. The third-order valence-electron chi connectivity index (χ3n) is 4.08. The van der Waals surface area contributed by atoms with Crippen LogP contribution in [-0.2, 0) is 10.1 Å². The Labute approximate surface area is 186 Å². The van der Waals surface area contributed by atoms with Gasteiger partial charge >= 0.3 is 69.6 Å². The summed E-state index contributed by atoms with van der Waals surface area (Å²) in [5, 5.41) is 0. The van der Waals surface area contributed by atoms with Gasteiger partial charge in [0.05, 0.1) is 0 Å². The van der Waals surface area contributed by atoms with Gasteiger partial charge in [0.2, 0.25) is 0 Å².